The number of anilines is 1. The lowest BCUT2D eigenvalue weighted by Crippen LogP contribution is -2.30. The molecule has 0 heterocycles. The van der Waals surface area contributed by atoms with Crippen LogP contribution in [0.1, 0.15) is 25.3 Å². The van der Waals surface area contributed by atoms with Crippen LogP contribution in [0.5, 0.6) is 5.75 Å². The Kier molecular flexibility index (Phi) is 7.74. The van der Waals surface area contributed by atoms with E-state index in [4.69, 9.17) is 14.6 Å². The smallest absolute Gasteiger partial charge is 0.306 e. The number of benzene rings is 2. The Morgan fingerprint density at radius 3 is 2.45 bits per heavy atom. The van der Waals surface area contributed by atoms with Crippen molar-refractivity contribution < 1.29 is 27.5 Å². The van der Waals surface area contributed by atoms with Crippen LogP contribution in [0.2, 0.25) is 0 Å². The van der Waals surface area contributed by atoms with Crippen LogP contribution in [0, 0.1) is 6.92 Å². The minimum atomic E-state index is -3.80. The van der Waals surface area contributed by atoms with Crippen LogP contribution in [0.25, 0.3) is 0 Å². The summed E-state index contributed by atoms with van der Waals surface area (Å²) in [7, 11) is -3.80. The van der Waals surface area contributed by atoms with Gasteiger partial charge in [-0.2, -0.15) is 0 Å². The lowest BCUT2D eigenvalue weighted by atomic mass is 10.2. The highest BCUT2D eigenvalue weighted by atomic mass is 32.2. The van der Waals surface area contributed by atoms with Crippen LogP contribution in [0.4, 0.5) is 5.69 Å². The largest absolute Gasteiger partial charge is 0.494 e. The van der Waals surface area contributed by atoms with Gasteiger partial charge >= 0.3 is 5.97 Å². The van der Waals surface area contributed by atoms with Gasteiger partial charge in [-0.1, -0.05) is 12.1 Å². The molecule has 0 saturated carbocycles. The van der Waals surface area contributed by atoms with Gasteiger partial charge in [0.1, 0.15) is 5.75 Å². The average Bonchev–Trinajstić information content (AvgIpc) is 2.65. The number of nitrogens with one attached hydrogen (secondary N) is 1. The molecule has 2 aromatic carbocycles. The van der Waals surface area contributed by atoms with E-state index in [-0.39, 0.29) is 11.3 Å². The van der Waals surface area contributed by atoms with Gasteiger partial charge in [0.15, 0.2) is 6.10 Å². The van der Waals surface area contributed by atoms with Crippen LogP contribution in [0.3, 0.4) is 0 Å². The van der Waals surface area contributed by atoms with Crippen LogP contribution >= 0.6 is 0 Å². The number of carbonyl (C=O) groups excluding carboxylic acids is 2. The molecule has 1 amide bonds. The molecule has 0 fully saturated rings. The molecule has 0 unspecified atom stereocenters. The van der Waals surface area contributed by atoms with E-state index in [0.29, 0.717) is 18.7 Å². The van der Waals surface area contributed by atoms with Crippen molar-refractivity contribution in [2.75, 3.05) is 11.9 Å². The second-order valence-corrected chi connectivity index (χ2v) is 8.02. The van der Waals surface area contributed by atoms with Crippen LogP contribution < -0.4 is 15.2 Å². The van der Waals surface area contributed by atoms with Crippen molar-refractivity contribution in [3.8, 4) is 5.75 Å². The summed E-state index contributed by atoms with van der Waals surface area (Å²) in [5, 5.41) is 7.56. The average molecular weight is 420 g/mol. The number of ether oxygens (including phenoxy) is 2. The summed E-state index contributed by atoms with van der Waals surface area (Å²) in [4.78, 5) is 23.9. The molecule has 2 aromatic rings. The normalized spacial score (nSPS) is 12.1. The molecule has 0 spiro atoms. The predicted molar refractivity (Wildman–Crippen MR) is 108 cm³/mol. The van der Waals surface area contributed by atoms with Gasteiger partial charge in [-0.3, -0.25) is 9.59 Å². The zero-order valence-electron chi connectivity index (χ0n) is 16.3. The number of hydrogen-bond donors (Lipinski definition) is 2. The molecular weight excluding hydrogens is 396 g/mol. The van der Waals surface area contributed by atoms with Crippen molar-refractivity contribution in [1.29, 1.82) is 0 Å². The molecule has 8 nitrogen and oxygen atoms in total. The van der Waals surface area contributed by atoms with Crippen molar-refractivity contribution >= 4 is 27.6 Å². The summed E-state index contributed by atoms with van der Waals surface area (Å²) in [6.07, 6.45) is -0.430. The molecule has 29 heavy (non-hydrogen) atoms. The molecule has 0 aliphatic carbocycles. The lowest BCUT2D eigenvalue weighted by molar-refractivity contribution is -0.153. The molecular formula is C20H24N2O6S. The van der Waals surface area contributed by atoms with Gasteiger partial charge in [0, 0.05) is 12.1 Å². The maximum atomic E-state index is 12.1. The van der Waals surface area contributed by atoms with Gasteiger partial charge in [0.25, 0.3) is 5.91 Å². The second-order valence-electron chi connectivity index (χ2n) is 6.46. The van der Waals surface area contributed by atoms with E-state index in [0.717, 1.165) is 11.3 Å². The number of esters is 1. The van der Waals surface area contributed by atoms with E-state index in [1.165, 1.54) is 31.2 Å². The minimum Gasteiger partial charge on any atom is -0.494 e. The van der Waals surface area contributed by atoms with Gasteiger partial charge < -0.3 is 14.8 Å². The van der Waals surface area contributed by atoms with E-state index >= 15 is 0 Å². The third kappa shape index (κ3) is 7.55. The number of rotatable bonds is 9. The maximum absolute atomic E-state index is 12.1. The van der Waals surface area contributed by atoms with Crippen molar-refractivity contribution in [1.82, 2.24) is 0 Å². The Morgan fingerprint density at radius 1 is 1.14 bits per heavy atom. The van der Waals surface area contributed by atoms with Gasteiger partial charge in [-0.25, -0.2) is 13.6 Å². The molecule has 0 aliphatic rings. The van der Waals surface area contributed by atoms with Crippen molar-refractivity contribution in [2.45, 2.75) is 37.7 Å². The zero-order valence-corrected chi connectivity index (χ0v) is 17.1. The highest BCUT2D eigenvalue weighted by molar-refractivity contribution is 7.89. The Balaban J connectivity index is 1.73. The monoisotopic (exact) mass is 420 g/mol. The first kappa shape index (κ1) is 22.4. The Hall–Kier alpha value is -2.91. The van der Waals surface area contributed by atoms with Crippen LogP contribution in [-0.2, 0) is 24.3 Å². The molecule has 0 aromatic heterocycles. The molecule has 0 saturated heterocycles. The van der Waals surface area contributed by atoms with E-state index in [9.17, 15) is 18.0 Å². The van der Waals surface area contributed by atoms with Gasteiger partial charge in [-0.05, 0) is 62.2 Å². The summed E-state index contributed by atoms with van der Waals surface area (Å²) in [6.45, 7) is 3.77. The predicted octanol–water partition coefficient (Wildman–Crippen LogP) is 2.37. The summed E-state index contributed by atoms with van der Waals surface area (Å²) in [6, 6.07) is 12.9. The molecule has 0 radical (unpaired) electrons. The molecule has 156 valence electrons. The number of carbonyl (C=O) groups is 2. The van der Waals surface area contributed by atoms with E-state index in [1.54, 1.807) is 0 Å². The van der Waals surface area contributed by atoms with E-state index in [1.807, 2.05) is 31.2 Å². The highest BCUT2D eigenvalue weighted by Crippen LogP contribution is 2.14. The Morgan fingerprint density at radius 2 is 1.83 bits per heavy atom. The number of aryl methyl sites for hydroxylation is 1. The van der Waals surface area contributed by atoms with E-state index < -0.39 is 28.0 Å². The van der Waals surface area contributed by atoms with Crippen molar-refractivity contribution in [3.63, 3.8) is 0 Å². The van der Waals surface area contributed by atoms with Gasteiger partial charge in [-0.15, -0.1) is 0 Å². The van der Waals surface area contributed by atoms with Gasteiger partial charge in [0.05, 0.1) is 11.5 Å². The van der Waals surface area contributed by atoms with E-state index in [2.05, 4.69) is 5.32 Å². The molecule has 0 aliphatic heterocycles. The fourth-order valence-corrected chi connectivity index (χ4v) is 2.91. The topological polar surface area (TPSA) is 125 Å². The fraction of sp³-hybridized carbons (Fsp3) is 0.300. The number of hydrogen-bond acceptors (Lipinski definition) is 6. The third-order valence-corrected chi connectivity index (χ3v) is 4.84. The SMILES string of the molecule is Cc1cccc(OCCCC(=O)O[C@@H](C)C(=O)Nc2ccc(S(N)(=O)=O)cc2)c1. The number of sulfonamides is 1. The van der Waals surface area contributed by atoms with Crippen molar-refractivity contribution in [2.24, 2.45) is 5.14 Å². The maximum Gasteiger partial charge on any atom is 0.306 e. The molecule has 1 atom stereocenters. The van der Waals surface area contributed by atoms with Crippen LogP contribution in [-0.4, -0.2) is 33.0 Å². The number of primary sulfonamides is 1. The summed E-state index contributed by atoms with van der Waals surface area (Å²) >= 11 is 0. The number of nitrogens with two attached hydrogens (primary N) is 1. The molecule has 9 heteroatoms. The first-order valence-corrected chi connectivity index (χ1v) is 10.5. The second kappa shape index (κ2) is 10.0. The molecule has 3 N–H and O–H groups in total. The highest BCUT2D eigenvalue weighted by Gasteiger charge is 2.18. The minimum absolute atomic E-state index is 0.0668. The summed E-state index contributed by atoms with van der Waals surface area (Å²) < 4.78 is 33.1. The number of amides is 1. The summed E-state index contributed by atoms with van der Waals surface area (Å²) in [5.41, 5.74) is 1.44. The quantitative estimate of drug-likeness (QED) is 0.474. The Labute approximate surface area is 170 Å². The van der Waals surface area contributed by atoms with Crippen molar-refractivity contribution in [3.05, 3.63) is 54.1 Å². The standard InChI is InChI=1S/C20H24N2O6S/c1-14-5-3-6-17(13-14)27-12-4-7-19(23)28-15(2)20(24)22-16-8-10-18(11-9-16)29(21,25)26/h3,5-6,8-11,13,15H,4,7,12H2,1-2H3,(H,22,24)(H2,21,25,26)/t15-/m0/s1. The lowest BCUT2D eigenvalue weighted by Gasteiger charge is -2.14. The zero-order chi connectivity index (χ0) is 21.4. The van der Waals surface area contributed by atoms with Gasteiger partial charge in [0.2, 0.25) is 10.0 Å². The first-order valence-electron chi connectivity index (χ1n) is 8.98. The fourth-order valence-electron chi connectivity index (χ4n) is 2.39. The summed E-state index contributed by atoms with van der Waals surface area (Å²) in [5.74, 6) is -0.303. The molecule has 2 rings (SSSR count). The first-order chi connectivity index (χ1) is 13.6. The Bertz CT molecular complexity index is 957. The molecule has 0 bridgehead atoms. The van der Waals surface area contributed by atoms with Crippen LogP contribution in [0.15, 0.2) is 53.4 Å². The third-order valence-electron chi connectivity index (χ3n) is 3.91.